The number of amides is 1. The fourth-order valence-electron chi connectivity index (χ4n) is 8.98. The Labute approximate surface area is 395 Å². The molecule has 63 heavy (non-hydrogen) atoms. The van der Waals surface area contributed by atoms with Crippen LogP contribution in [-0.4, -0.2) is 34.9 Å². The molecule has 1 amide bonds. The van der Waals surface area contributed by atoms with Gasteiger partial charge in [-0.05, 0) is 51.4 Å². The molecule has 3 N–H and O–H groups in total. The van der Waals surface area contributed by atoms with Gasteiger partial charge in [0.25, 0.3) is 0 Å². The molecule has 2 atom stereocenters. The molecule has 0 aliphatic heterocycles. The van der Waals surface area contributed by atoms with Gasteiger partial charge in [0.2, 0.25) is 5.91 Å². The van der Waals surface area contributed by atoms with Crippen LogP contribution in [0.1, 0.15) is 316 Å². The van der Waals surface area contributed by atoms with E-state index in [9.17, 15) is 15.0 Å². The molecular formula is C59H113NO3. The van der Waals surface area contributed by atoms with E-state index in [4.69, 9.17) is 0 Å². The molecule has 0 bridgehead atoms. The SMILES string of the molecule is CCCCCCC/C=C\C/C=C\CCCCCCCCCCCCCCCCCCCCCCCCCCCC(=O)NC(CO)C(O)/C=C/CCCCCCCCCCCCCC. The molecule has 0 aliphatic carbocycles. The van der Waals surface area contributed by atoms with E-state index >= 15 is 0 Å². The molecule has 4 nitrogen and oxygen atoms in total. The van der Waals surface area contributed by atoms with Crippen molar-refractivity contribution in [2.45, 2.75) is 328 Å². The Morgan fingerprint density at radius 2 is 0.651 bits per heavy atom. The summed E-state index contributed by atoms with van der Waals surface area (Å²) in [6.07, 6.45) is 74.7. The molecule has 0 rings (SSSR count). The molecule has 0 aromatic carbocycles. The highest BCUT2D eigenvalue weighted by molar-refractivity contribution is 5.76. The summed E-state index contributed by atoms with van der Waals surface area (Å²) in [6.45, 7) is 4.32. The number of aliphatic hydroxyl groups is 2. The Kier molecular flexibility index (Phi) is 53.7. The molecular weight excluding hydrogens is 771 g/mol. The number of hydrogen-bond donors (Lipinski definition) is 3. The smallest absolute Gasteiger partial charge is 0.220 e. The van der Waals surface area contributed by atoms with Crippen molar-refractivity contribution >= 4 is 5.91 Å². The summed E-state index contributed by atoms with van der Waals surface area (Å²) in [4.78, 5) is 12.4. The predicted octanol–water partition coefficient (Wildman–Crippen LogP) is 18.9. The summed E-state index contributed by atoms with van der Waals surface area (Å²) in [5.41, 5.74) is 0. The molecule has 0 saturated carbocycles. The molecule has 0 heterocycles. The van der Waals surface area contributed by atoms with Crippen molar-refractivity contribution in [2.24, 2.45) is 0 Å². The third-order valence-electron chi connectivity index (χ3n) is 13.4. The zero-order chi connectivity index (χ0) is 45.6. The number of nitrogens with one attached hydrogen (secondary N) is 1. The second-order valence-corrected chi connectivity index (χ2v) is 19.7. The number of unbranched alkanes of at least 4 members (excludes halogenated alkanes) is 42. The second-order valence-electron chi connectivity index (χ2n) is 19.7. The van der Waals surface area contributed by atoms with E-state index in [1.165, 1.54) is 263 Å². The molecule has 372 valence electrons. The maximum atomic E-state index is 12.4. The number of aliphatic hydroxyl groups excluding tert-OH is 2. The van der Waals surface area contributed by atoms with Gasteiger partial charge < -0.3 is 15.5 Å². The summed E-state index contributed by atoms with van der Waals surface area (Å²) < 4.78 is 0. The Balaban J connectivity index is 3.39. The predicted molar refractivity (Wildman–Crippen MR) is 281 cm³/mol. The summed E-state index contributed by atoms with van der Waals surface area (Å²) >= 11 is 0. The molecule has 0 spiro atoms. The largest absolute Gasteiger partial charge is 0.394 e. The lowest BCUT2D eigenvalue weighted by Crippen LogP contribution is -2.45. The van der Waals surface area contributed by atoms with Crippen molar-refractivity contribution in [3.8, 4) is 0 Å². The third kappa shape index (κ3) is 51.5. The van der Waals surface area contributed by atoms with Crippen LogP contribution in [-0.2, 0) is 4.79 Å². The van der Waals surface area contributed by atoms with Gasteiger partial charge in [0.1, 0.15) is 0 Å². The third-order valence-corrected chi connectivity index (χ3v) is 13.4. The van der Waals surface area contributed by atoms with E-state index < -0.39 is 12.1 Å². The van der Waals surface area contributed by atoms with Crippen LogP contribution in [0.25, 0.3) is 0 Å². The second kappa shape index (κ2) is 54.9. The van der Waals surface area contributed by atoms with Crippen molar-refractivity contribution in [1.29, 1.82) is 0 Å². The van der Waals surface area contributed by atoms with Crippen LogP contribution in [0.5, 0.6) is 0 Å². The van der Waals surface area contributed by atoms with E-state index in [0.717, 1.165) is 32.1 Å². The van der Waals surface area contributed by atoms with Crippen molar-refractivity contribution < 1.29 is 15.0 Å². The van der Waals surface area contributed by atoms with Gasteiger partial charge >= 0.3 is 0 Å². The van der Waals surface area contributed by atoms with Gasteiger partial charge in [-0.1, -0.05) is 294 Å². The highest BCUT2D eigenvalue weighted by atomic mass is 16.3. The first-order valence-corrected chi connectivity index (χ1v) is 28.7. The fraction of sp³-hybridized carbons (Fsp3) is 0.881. The van der Waals surface area contributed by atoms with Crippen LogP contribution in [0.3, 0.4) is 0 Å². The normalized spacial score (nSPS) is 13.0. The van der Waals surface area contributed by atoms with Crippen molar-refractivity contribution in [3.63, 3.8) is 0 Å². The van der Waals surface area contributed by atoms with Crippen LogP contribution in [0.15, 0.2) is 36.5 Å². The van der Waals surface area contributed by atoms with Gasteiger partial charge in [-0.15, -0.1) is 0 Å². The molecule has 0 aromatic rings. The average molecular weight is 885 g/mol. The van der Waals surface area contributed by atoms with Crippen molar-refractivity contribution in [1.82, 2.24) is 5.32 Å². The Bertz CT molecular complexity index is 958. The van der Waals surface area contributed by atoms with E-state index in [0.29, 0.717) is 6.42 Å². The quantitative estimate of drug-likeness (QED) is 0.0421. The van der Waals surface area contributed by atoms with E-state index in [1.54, 1.807) is 6.08 Å². The van der Waals surface area contributed by atoms with E-state index in [2.05, 4.69) is 43.5 Å². The average Bonchev–Trinajstić information content (AvgIpc) is 3.29. The fourth-order valence-corrected chi connectivity index (χ4v) is 8.98. The minimum atomic E-state index is -0.836. The number of rotatable bonds is 53. The Morgan fingerprint density at radius 3 is 0.952 bits per heavy atom. The van der Waals surface area contributed by atoms with Gasteiger partial charge in [0.05, 0.1) is 18.8 Å². The topological polar surface area (TPSA) is 69.6 Å². The van der Waals surface area contributed by atoms with Crippen LogP contribution < -0.4 is 5.32 Å². The molecule has 4 heteroatoms. The van der Waals surface area contributed by atoms with Gasteiger partial charge in [0.15, 0.2) is 0 Å². The zero-order valence-corrected chi connectivity index (χ0v) is 42.9. The van der Waals surface area contributed by atoms with E-state index in [-0.39, 0.29) is 12.5 Å². The summed E-state index contributed by atoms with van der Waals surface area (Å²) in [6, 6.07) is -0.619. The van der Waals surface area contributed by atoms with Crippen LogP contribution in [0.2, 0.25) is 0 Å². The molecule has 0 fully saturated rings. The lowest BCUT2D eigenvalue weighted by atomic mass is 10.0. The standard InChI is InChI=1S/C59H113NO3/c1-3-5-7-9-11-13-15-17-19-20-21-22-23-24-25-26-27-28-29-30-31-32-33-34-35-36-37-38-39-40-41-43-45-47-49-51-53-55-59(63)60-57(56-61)58(62)54-52-50-48-46-44-42-18-16-14-12-10-8-6-4-2/h15,17,20-21,52,54,57-58,61-62H,3-14,16,18-19,22-51,53,55-56H2,1-2H3,(H,60,63)/b17-15-,21-20-,54-52+. The van der Waals surface area contributed by atoms with Crippen molar-refractivity contribution in [3.05, 3.63) is 36.5 Å². The number of carbonyl (C=O) groups excluding carboxylic acids is 1. The highest BCUT2D eigenvalue weighted by Gasteiger charge is 2.18. The van der Waals surface area contributed by atoms with E-state index in [1.807, 2.05) is 6.08 Å². The monoisotopic (exact) mass is 884 g/mol. The summed E-state index contributed by atoms with van der Waals surface area (Å²) in [5.74, 6) is -0.0588. The Hall–Kier alpha value is -1.39. The van der Waals surface area contributed by atoms with Gasteiger partial charge in [-0.3, -0.25) is 4.79 Å². The molecule has 2 unspecified atom stereocenters. The zero-order valence-electron chi connectivity index (χ0n) is 42.9. The van der Waals surface area contributed by atoms with Gasteiger partial charge in [0, 0.05) is 6.42 Å². The lowest BCUT2D eigenvalue weighted by molar-refractivity contribution is -0.123. The summed E-state index contributed by atoms with van der Waals surface area (Å²) in [7, 11) is 0. The molecule has 0 saturated heterocycles. The van der Waals surface area contributed by atoms with Crippen LogP contribution in [0.4, 0.5) is 0 Å². The minimum absolute atomic E-state index is 0.0588. The first kappa shape index (κ1) is 61.6. The highest BCUT2D eigenvalue weighted by Crippen LogP contribution is 2.17. The van der Waals surface area contributed by atoms with Gasteiger partial charge in [-0.25, -0.2) is 0 Å². The first-order valence-electron chi connectivity index (χ1n) is 28.7. The number of hydrogen-bond acceptors (Lipinski definition) is 3. The molecule has 0 aliphatic rings. The van der Waals surface area contributed by atoms with Crippen molar-refractivity contribution in [2.75, 3.05) is 6.61 Å². The lowest BCUT2D eigenvalue weighted by Gasteiger charge is -2.20. The number of allylic oxidation sites excluding steroid dienone is 5. The molecule has 0 radical (unpaired) electrons. The first-order chi connectivity index (χ1) is 31.2. The minimum Gasteiger partial charge on any atom is -0.394 e. The Morgan fingerprint density at radius 1 is 0.381 bits per heavy atom. The van der Waals surface area contributed by atoms with Crippen LogP contribution in [0, 0.1) is 0 Å². The maximum Gasteiger partial charge on any atom is 0.220 e. The molecule has 0 aromatic heterocycles. The number of carbonyl (C=O) groups is 1. The van der Waals surface area contributed by atoms with Crippen LogP contribution >= 0.6 is 0 Å². The summed E-state index contributed by atoms with van der Waals surface area (Å²) in [5, 5.41) is 23.1. The van der Waals surface area contributed by atoms with Gasteiger partial charge in [-0.2, -0.15) is 0 Å². The maximum absolute atomic E-state index is 12.4.